The lowest BCUT2D eigenvalue weighted by Crippen LogP contribution is -2.57. The van der Waals surface area contributed by atoms with Crippen LogP contribution in [-0.2, 0) is 32.1 Å². The number of carbonyl (C=O) groups is 3. The number of rotatable bonds is 12. The van der Waals surface area contributed by atoms with E-state index in [1.807, 2.05) is 60.7 Å². The Hall–Kier alpha value is -3.47. The highest BCUT2D eigenvalue weighted by molar-refractivity contribution is 7.06. The number of hydrogen-bond acceptors (Lipinski definition) is 8. The lowest BCUT2D eigenvalue weighted by Gasteiger charge is -2.35. The van der Waals surface area contributed by atoms with E-state index in [-0.39, 0.29) is 36.0 Å². The Kier molecular flexibility index (Phi) is 10.7. The van der Waals surface area contributed by atoms with Gasteiger partial charge in [0.25, 0.3) is 0 Å². The topological polar surface area (TPSA) is 114 Å². The van der Waals surface area contributed by atoms with Crippen molar-refractivity contribution in [3.8, 4) is 11.3 Å². The zero-order valence-corrected chi connectivity index (χ0v) is 25.7. The molecule has 2 fully saturated rings. The Bertz CT molecular complexity index is 1360. The first-order valence-corrected chi connectivity index (χ1v) is 16.0. The zero-order chi connectivity index (χ0) is 30.2. The number of hydrogen-bond donors (Lipinski definition) is 2. The predicted octanol–water partition coefficient (Wildman–Crippen LogP) is 4.18. The molecule has 0 radical (unpaired) electrons. The van der Waals surface area contributed by atoms with Crippen molar-refractivity contribution >= 4 is 29.1 Å². The van der Waals surface area contributed by atoms with Crippen LogP contribution in [0.25, 0.3) is 11.3 Å². The van der Waals surface area contributed by atoms with Crippen LogP contribution in [-0.4, -0.2) is 69.9 Å². The van der Waals surface area contributed by atoms with E-state index in [9.17, 15) is 14.4 Å². The summed E-state index contributed by atoms with van der Waals surface area (Å²) in [6.07, 6.45) is 5.16. The molecule has 2 heterocycles. The van der Waals surface area contributed by atoms with Crippen molar-refractivity contribution in [1.82, 2.24) is 25.1 Å². The van der Waals surface area contributed by atoms with Crippen LogP contribution >= 0.6 is 11.5 Å². The van der Waals surface area contributed by atoms with E-state index in [4.69, 9.17) is 4.74 Å². The predicted molar refractivity (Wildman–Crippen MR) is 166 cm³/mol. The fourth-order valence-corrected chi connectivity index (χ4v) is 6.78. The number of Topliss-reactive ketones (excluding diaryl/α,β-unsaturated/α-hetero) is 1. The normalized spacial score (nSPS) is 20.5. The first kappa shape index (κ1) is 31.0. The Morgan fingerprint density at radius 3 is 2.42 bits per heavy atom. The van der Waals surface area contributed by atoms with E-state index in [0.29, 0.717) is 25.3 Å². The first-order valence-electron chi connectivity index (χ1n) is 15.3. The standard InChI is InChI=1S/C33H41N5O4S/c1-22(34-2)32(40)35-31(25-16-10-5-11-17-25)33(41)38-20-26(42-21-23-12-6-3-7-13-23)18-27(38)28(39)19-29-30(36-37-43-29)24-14-8-4-9-15-24/h3-4,6-9,12-15,22,25-27,31,34H,5,10-11,16-21H2,1-2H3,(H,35,40)/t22-,26+,27-,31-/m0/s1. The molecule has 1 saturated heterocycles. The molecule has 4 atom stereocenters. The van der Waals surface area contributed by atoms with Crippen molar-refractivity contribution < 1.29 is 19.1 Å². The highest BCUT2D eigenvalue weighted by atomic mass is 32.1. The monoisotopic (exact) mass is 603 g/mol. The molecular weight excluding hydrogens is 562 g/mol. The molecule has 1 aliphatic heterocycles. The van der Waals surface area contributed by atoms with Gasteiger partial charge in [-0.05, 0) is 49.8 Å². The molecular formula is C33H41N5O4S. The number of amides is 2. The molecule has 2 amide bonds. The number of benzene rings is 2. The van der Waals surface area contributed by atoms with Crippen LogP contribution in [0.15, 0.2) is 60.7 Å². The Labute approximate surface area is 257 Å². The highest BCUT2D eigenvalue weighted by Gasteiger charge is 2.44. The van der Waals surface area contributed by atoms with Crippen LogP contribution in [0.5, 0.6) is 0 Å². The molecule has 3 aromatic rings. The fraction of sp³-hybridized carbons (Fsp3) is 0.485. The van der Waals surface area contributed by atoms with Crippen LogP contribution in [0.2, 0.25) is 0 Å². The summed E-state index contributed by atoms with van der Waals surface area (Å²) >= 11 is 1.21. The van der Waals surface area contributed by atoms with Gasteiger partial charge in [-0.2, -0.15) is 0 Å². The van der Waals surface area contributed by atoms with E-state index in [2.05, 4.69) is 20.2 Å². The summed E-state index contributed by atoms with van der Waals surface area (Å²) in [6, 6.07) is 17.8. The minimum atomic E-state index is -0.684. The first-order chi connectivity index (χ1) is 20.9. The van der Waals surface area contributed by atoms with Crippen LogP contribution in [0.3, 0.4) is 0 Å². The number of ether oxygens (including phenoxy) is 1. The molecule has 1 saturated carbocycles. The highest BCUT2D eigenvalue weighted by Crippen LogP contribution is 2.32. The molecule has 9 nitrogen and oxygen atoms in total. The summed E-state index contributed by atoms with van der Waals surface area (Å²) in [4.78, 5) is 43.9. The molecule has 43 heavy (non-hydrogen) atoms. The fourth-order valence-electron chi connectivity index (χ4n) is 6.11. The number of likely N-dealkylation sites (tertiary alicyclic amines) is 1. The number of ketones is 1. The van der Waals surface area contributed by atoms with Crippen LogP contribution < -0.4 is 10.6 Å². The molecule has 1 aliphatic carbocycles. The second-order valence-corrected chi connectivity index (χ2v) is 12.4. The molecule has 5 rings (SSSR count). The van der Waals surface area contributed by atoms with Crippen molar-refractivity contribution in [1.29, 1.82) is 0 Å². The third kappa shape index (κ3) is 7.74. The maximum absolute atomic E-state index is 14.4. The number of likely N-dealkylation sites (N-methyl/N-ethyl adjacent to an activating group) is 1. The quantitative estimate of drug-likeness (QED) is 0.319. The second-order valence-electron chi connectivity index (χ2n) is 11.6. The molecule has 0 bridgehead atoms. The maximum atomic E-state index is 14.4. The van der Waals surface area contributed by atoms with Crippen LogP contribution in [0.4, 0.5) is 0 Å². The lowest BCUT2D eigenvalue weighted by atomic mass is 9.83. The Morgan fingerprint density at radius 2 is 1.72 bits per heavy atom. The number of carbonyl (C=O) groups excluding carboxylic acids is 3. The van der Waals surface area contributed by atoms with Crippen molar-refractivity contribution in [3.63, 3.8) is 0 Å². The van der Waals surface area contributed by atoms with Gasteiger partial charge in [-0.1, -0.05) is 84.4 Å². The third-order valence-electron chi connectivity index (χ3n) is 8.70. The van der Waals surface area contributed by atoms with Gasteiger partial charge >= 0.3 is 0 Å². The van der Waals surface area contributed by atoms with Gasteiger partial charge in [0.2, 0.25) is 11.8 Å². The van der Waals surface area contributed by atoms with Gasteiger partial charge in [0.1, 0.15) is 11.7 Å². The number of nitrogens with zero attached hydrogens (tertiary/aromatic N) is 3. The van der Waals surface area contributed by atoms with Gasteiger partial charge in [-0.15, -0.1) is 5.10 Å². The van der Waals surface area contributed by atoms with E-state index in [0.717, 1.165) is 48.1 Å². The summed E-state index contributed by atoms with van der Waals surface area (Å²) in [7, 11) is 1.73. The van der Waals surface area contributed by atoms with Gasteiger partial charge in [0.05, 0.1) is 29.7 Å². The van der Waals surface area contributed by atoms with Crippen molar-refractivity contribution in [2.75, 3.05) is 13.6 Å². The van der Waals surface area contributed by atoms with Crippen LogP contribution in [0, 0.1) is 5.92 Å². The van der Waals surface area contributed by atoms with Crippen LogP contribution in [0.1, 0.15) is 55.9 Å². The van der Waals surface area contributed by atoms with Gasteiger partial charge in [-0.3, -0.25) is 14.4 Å². The van der Waals surface area contributed by atoms with E-state index in [1.54, 1.807) is 18.9 Å². The van der Waals surface area contributed by atoms with Crippen molar-refractivity contribution in [3.05, 3.63) is 71.1 Å². The molecule has 0 unspecified atom stereocenters. The Morgan fingerprint density at radius 1 is 1.02 bits per heavy atom. The summed E-state index contributed by atoms with van der Waals surface area (Å²) in [6.45, 7) is 2.48. The van der Waals surface area contributed by atoms with E-state index < -0.39 is 18.1 Å². The number of nitrogens with one attached hydrogen (secondary N) is 2. The van der Waals surface area contributed by atoms with Gasteiger partial charge in [0, 0.05) is 24.9 Å². The van der Waals surface area contributed by atoms with Crippen molar-refractivity contribution in [2.45, 2.75) is 82.7 Å². The average Bonchev–Trinajstić information content (AvgIpc) is 3.70. The molecule has 2 aromatic carbocycles. The molecule has 2 aliphatic rings. The van der Waals surface area contributed by atoms with Gasteiger partial charge in [-0.25, -0.2) is 0 Å². The third-order valence-corrected chi connectivity index (χ3v) is 9.42. The van der Waals surface area contributed by atoms with Gasteiger partial charge < -0.3 is 20.3 Å². The van der Waals surface area contributed by atoms with Gasteiger partial charge in [0.15, 0.2) is 5.78 Å². The van der Waals surface area contributed by atoms with Crippen molar-refractivity contribution in [2.24, 2.45) is 5.92 Å². The average molecular weight is 604 g/mol. The largest absolute Gasteiger partial charge is 0.372 e. The summed E-state index contributed by atoms with van der Waals surface area (Å²) in [5, 5.41) is 10.3. The molecule has 0 spiro atoms. The maximum Gasteiger partial charge on any atom is 0.246 e. The minimum Gasteiger partial charge on any atom is -0.372 e. The zero-order valence-electron chi connectivity index (χ0n) is 24.9. The molecule has 10 heteroatoms. The van der Waals surface area contributed by atoms with E-state index in [1.165, 1.54) is 11.5 Å². The minimum absolute atomic E-state index is 0.0321. The summed E-state index contributed by atoms with van der Waals surface area (Å²) in [5.74, 6) is -0.448. The SMILES string of the molecule is CN[C@@H](C)C(=O)N[C@H](C(=O)N1C[C@H](OCc2ccccc2)C[C@H]1C(=O)Cc1snnc1-c1ccccc1)C1CCCCC1. The van der Waals surface area contributed by atoms with E-state index >= 15 is 0 Å². The number of aromatic nitrogens is 2. The Balaban J connectivity index is 1.38. The molecule has 2 N–H and O–H groups in total. The molecule has 1 aromatic heterocycles. The smallest absolute Gasteiger partial charge is 0.246 e. The summed E-state index contributed by atoms with van der Waals surface area (Å²) < 4.78 is 10.4. The summed E-state index contributed by atoms with van der Waals surface area (Å²) in [5.41, 5.74) is 2.63. The lowest BCUT2D eigenvalue weighted by molar-refractivity contribution is -0.142. The second kappa shape index (κ2) is 14.8. The molecule has 228 valence electrons.